The SMILES string of the molecule is COc1ccccc1NC(=O)N(Cc1ccco1)C(C)c1nc2ccccc2c(=O)n1-c1ccc(F)cc1. The van der Waals surface area contributed by atoms with Crippen molar-refractivity contribution in [1.29, 1.82) is 0 Å². The number of aromatic nitrogens is 2. The molecule has 0 radical (unpaired) electrons. The van der Waals surface area contributed by atoms with Crippen LogP contribution in [-0.4, -0.2) is 27.6 Å². The van der Waals surface area contributed by atoms with Crippen LogP contribution in [0.2, 0.25) is 0 Å². The number of methoxy groups -OCH3 is 1. The van der Waals surface area contributed by atoms with Crippen LogP contribution in [0.25, 0.3) is 16.6 Å². The summed E-state index contributed by atoms with van der Waals surface area (Å²) in [5.74, 6) is 0.921. The highest BCUT2D eigenvalue weighted by Gasteiger charge is 2.28. The Hall–Kier alpha value is -4.92. The molecule has 5 aromatic rings. The van der Waals surface area contributed by atoms with E-state index >= 15 is 0 Å². The fourth-order valence-corrected chi connectivity index (χ4v) is 4.30. The van der Waals surface area contributed by atoms with Crippen LogP contribution in [0.3, 0.4) is 0 Å². The number of carbonyl (C=O) groups excluding carboxylic acids is 1. The Labute approximate surface area is 217 Å². The fourth-order valence-electron chi connectivity index (χ4n) is 4.30. The molecule has 2 heterocycles. The Bertz CT molecular complexity index is 1630. The molecule has 0 saturated heterocycles. The second kappa shape index (κ2) is 10.6. The van der Waals surface area contributed by atoms with Gasteiger partial charge in [-0.1, -0.05) is 24.3 Å². The first-order valence-corrected chi connectivity index (χ1v) is 12.0. The van der Waals surface area contributed by atoms with E-state index in [1.807, 2.05) is 0 Å². The maximum atomic E-state index is 13.7. The van der Waals surface area contributed by atoms with Gasteiger partial charge in [0.05, 0.1) is 48.2 Å². The summed E-state index contributed by atoms with van der Waals surface area (Å²) >= 11 is 0. The van der Waals surface area contributed by atoms with E-state index in [9.17, 15) is 14.0 Å². The molecular weight excluding hydrogens is 487 g/mol. The summed E-state index contributed by atoms with van der Waals surface area (Å²) in [6.45, 7) is 1.88. The zero-order valence-electron chi connectivity index (χ0n) is 20.8. The van der Waals surface area contributed by atoms with Gasteiger partial charge in [-0.2, -0.15) is 0 Å². The van der Waals surface area contributed by atoms with Crippen LogP contribution in [0, 0.1) is 5.82 Å². The van der Waals surface area contributed by atoms with Gasteiger partial charge in [0.1, 0.15) is 23.2 Å². The lowest BCUT2D eigenvalue weighted by atomic mass is 10.1. The Morgan fingerprint density at radius 3 is 2.53 bits per heavy atom. The molecule has 0 fully saturated rings. The molecule has 8 nitrogen and oxygen atoms in total. The summed E-state index contributed by atoms with van der Waals surface area (Å²) in [6, 6.07) is 22.0. The van der Waals surface area contributed by atoms with Gasteiger partial charge in [0.2, 0.25) is 0 Å². The van der Waals surface area contributed by atoms with Crippen molar-refractivity contribution in [1.82, 2.24) is 14.5 Å². The Kier molecular flexibility index (Phi) is 6.90. The first kappa shape index (κ1) is 24.8. The number of nitrogens with one attached hydrogen (secondary N) is 1. The lowest BCUT2D eigenvalue weighted by Gasteiger charge is -2.30. The van der Waals surface area contributed by atoms with E-state index in [0.717, 1.165) is 0 Å². The monoisotopic (exact) mass is 512 g/mol. The van der Waals surface area contributed by atoms with Crippen molar-refractivity contribution in [3.63, 3.8) is 0 Å². The predicted octanol–water partition coefficient (Wildman–Crippen LogP) is 5.92. The highest BCUT2D eigenvalue weighted by atomic mass is 19.1. The summed E-state index contributed by atoms with van der Waals surface area (Å²) in [6.07, 6.45) is 1.53. The number of hydrogen-bond donors (Lipinski definition) is 1. The largest absolute Gasteiger partial charge is 0.495 e. The van der Waals surface area contributed by atoms with Crippen LogP contribution in [-0.2, 0) is 6.54 Å². The molecule has 0 bridgehead atoms. The van der Waals surface area contributed by atoms with E-state index in [1.54, 1.807) is 67.6 Å². The van der Waals surface area contributed by atoms with Gasteiger partial charge in [-0.3, -0.25) is 9.36 Å². The Morgan fingerprint density at radius 2 is 1.79 bits per heavy atom. The minimum Gasteiger partial charge on any atom is -0.495 e. The van der Waals surface area contributed by atoms with Crippen molar-refractivity contribution in [3.8, 4) is 11.4 Å². The average molecular weight is 513 g/mol. The third-order valence-corrected chi connectivity index (χ3v) is 6.24. The number of furan rings is 1. The molecule has 0 aliphatic heterocycles. The van der Waals surface area contributed by atoms with Gasteiger partial charge in [-0.15, -0.1) is 0 Å². The second-order valence-corrected chi connectivity index (χ2v) is 8.62. The highest BCUT2D eigenvalue weighted by Crippen LogP contribution is 2.28. The van der Waals surface area contributed by atoms with Crippen molar-refractivity contribution < 1.29 is 18.3 Å². The van der Waals surface area contributed by atoms with Crippen molar-refractivity contribution >= 4 is 22.6 Å². The number of halogens is 1. The van der Waals surface area contributed by atoms with Gasteiger partial charge in [0.15, 0.2) is 0 Å². The first-order chi connectivity index (χ1) is 18.5. The normalized spacial score (nSPS) is 11.8. The van der Waals surface area contributed by atoms with E-state index in [0.29, 0.717) is 39.6 Å². The minimum absolute atomic E-state index is 0.0985. The van der Waals surface area contributed by atoms with Crippen molar-refractivity contribution in [2.45, 2.75) is 19.5 Å². The quantitative estimate of drug-likeness (QED) is 0.292. The van der Waals surface area contributed by atoms with Gasteiger partial charge in [0.25, 0.3) is 5.56 Å². The zero-order valence-corrected chi connectivity index (χ0v) is 20.8. The van der Waals surface area contributed by atoms with Gasteiger partial charge in [-0.25, -0.2) is 14.2 Å². The van der Waals surface area contributed by atoms with Crippen LogP contribution < -0.4 is 15.6 Å². The van der Waals surface area contributed by atoms with Crippen molar-refractivity contribution in [3.05, 3.63) is 119 Å². The number of ether oxygens (including phenoxy) is 1. The van der Waals surface area contributed by atoms with Crippen LogP contribution >= 0.6 is 0 Å². The molecule has 2 amide bonds. The number of anilines is 1. The summed E-state index contributed by atoms with van der Waals surface area (Å²) in [5.41, 5.74) is 1.08. The topological polar surface area (TPSA) is 89.6 Å². The fraction of sp³-hybridized carbons (Fsp3) is 0.138. The molecule has 0 spiro atoms. The molecule has 0 saturated carbocycles. The summed E-state index contributed by atoms with van der Waals surface area (Å²) in [7, 11) is 1.52. The third-order valence-electron chi connectivity index (χ3n) is 6.24. The number of urea groups is 1. The predicted molar refractivity (Wildman–Crippen MR) is 142 cm³/mol. The Balaban J connectivity index is 1.64. The van der Waals surface area contributed by atoms with Crippen LogP contribution in [0.15, 0.2) is 100 Å². The molecule has 2 aromatic heterocycles. The smallest absolute Gasteiger partial charge is 0.322 e. The zero-order chi connectivity index (χ0) is 26.6. The first-order valence-electron chi connectivity index (χ1n) is 12.0. The molecule has 9 heteroatoms. The minimum atomic E-state index is -0.711. The number of fused-ring (bicyclic) bond motifs is 1. The van der Waals surface area contributed by atoms with Crippen LogP contribution in [0.1, 0.15) is 24.6 Å². The maximum Gasteiger partial charge on any atom is 0.322 e. The third kappa shape index (κ3) is 4.86. The molecule has 1 unspecified atom stereocenters. The van der Waals surface area contributed by atoms with Crippen molar-refractivity contribution in [2.24, 2.45) is 0 Å². The van der Waals surface area contributed by atoms with E-state index < -0.39 is 17.9 Å². The number of carbonyl (C=O) groups is 1. The number of hydrogen-bond acceptors (Lipinski definition) is 5. The second-order valence-electron chi connectivity index (χ2n) is 8.62. The highest BCUT2D eigenvalue weighted by molar-refractivity contribution is 5.91. The maximum absolute atomic E-state index is 13.7. The average Bonchev–Trinajstić information content (AvgIpc) is 3.46. The van der Waals surface area contributed by atoms with E-state index in [2.05, 4.69) is 5.32 Å². The number of nitrogens with zero attached hydrogens (tertiary/aromatic N) is 3. The van der Waals surface area contributed by atoms with E-state index in [-0.39, 0.29) is 12.1 Å². The molecular formula is C29H25FN4O4. The lowest BCUT2D eigenvalue weighted by molar-refractivity contribution is 0.179. The number of amides is 2. The van der Waals surface area contributed by atoms with Crippen molar-refractivity contribution in [2.75, 3.05) is 12.4 Å². The summed E-state index contributed by atoms with van der Waals surface area (Å²) in [4.78, 5) is 33.7. The number of para-hydroxylation sites is 3. The molecule has 1 atom stereocenters. The van der Waals surface area contributed by atoms with E-state index in [4.69, 9.17) is 14.1 Å². The molecule has 0 aliphatic carbocycles. The standard InChI is InChI=1S/C29H25FN4O4/c1-19(33(18-22-8-7-17-38-22)29(36)32-25-11-5-6-12-26(25)37-2)27-31-24-10-4-3-9-23(24)28(35)34(27)21-15-13-20(30)14-16-21/h3-17,19H,18H2,1-2H3,(H,32,36). The molecule has 0 aliphatic rings. The van der Waals surface area contributed by atoms with Crippen LogP contribution in [0.4, 0.5) is 14.9 Å². The van der Waals surface area contributed by atoms with Gasteiger partial charge < -0.3 is 19.4 Å². The van der Waals surface area contributed by atoms with E-state index in [1.165, 1.54) is 47.1 Å². The molecule has 5 rings (SSSR count). The Morgan fingerprint density at radius 1 is 1.05 bits per heavy atom. The van der Waals surface area contributed by atoms with Crippen LogP contribution in [0.5, 0.6) is 5.75 Å². The molecule has 192 valence electrons. The van der Waals surface area contributed by atoms with Gasteiger partial charge in [0, 0.05) is 0 Å². The molecule has 3 aromatic carbocycles. The van der Waals surface area contributed by atoms with Gasteiger partial charge in [-0.05, 0) is 67.6 Å². The summed E-state index contributed by atoms with van der Waals surface area (Å²) < 4.78 is 26.1. The summed E-state index contributed by atoms with van der Waals surface area (Å²) in [5, 5.41) is 3.31. The van der Waals surface area contributed by atoms with Gasteiger partial charge >= 0.3 is 6.03 Å². The number of benzene rings is 3. The molecule has 1 N–H and O–H groups in total. The number of rotatable bonds is 7. The molecule has 38 heavy (non-hydrogen) atoms. The lowest BCUT2D eigenvalue weighted by Crippen LogP contribution is -2.39.